The van der Waals surface area contributed by atoms with E-state index in [0.717, 1.165) is 38.8 Å². The summed E-state index contributed by atoms with van der Waals surface area (Å²) in [5.74, 6) is 0.0856. The predicted molar refractivity (Wildman–Crippen MR) is 80.1 cm³/mol. The molecule has 2 aliphatic rings. The van der Waals surface area contributed by atoms with Crippen molar-refractivity contribution in [1.82, 2.24) is 20.9 Å². The van der Waals surface area contributed by atoms with Crippen molar-refractivity contribution in [3.05, 3.63) is 0 Å². The van der Waals surface area contributed by atoms with E-state index in [1.165, 1.54) is 0 Å². The van der Waals surface area contributed by atoms with E-state index in [2.05, 4.69) is 16.0 Å². The number of carbonyl (C=O) groups excluding carboxylic acids is 2. The second-order valence-corrected chi connectivity index (χ2v) is 5.28. The largest absolute Gasteiger partial charge is 0.350 e. The third kappa shape index (κ3) is 4.52. The molecule has 2 rings (SSSR count). The fourth-order valence-corrected chi connectivity index (χ4v) is 2.70. The van der Waals surface area contributed by atoms with E-state index < -0.39 is 0 Å². The summed E-state index contributed by atoms with van der Waals surface area (Å²) < 4.78 is 0. The summed E-state index contributed by atoms with van der Waals surface area (Å²) in [7, 11) is 0. The normalized spacial score (nSPS) is 25.8. The molecule has 6 nitrogen and oxygen atoms in total. The molecule has 0 bridgehead atoms. The number of hydrogen-bond acceptors (Lipinski definition) is 3. The zero-order valence-corrected chi connectivity index (χ0v) is 12.8. The van der Waals surface area contributed by atoms with Crippen LogP contribution in [0.4, 0.5) is 4.79 Å². The van der Waals surface area contributed by atoms with Gasteiger partial charge in [0.1, 0.15) is 0 Å². The number of halogens is 1. The Balaban J connectivity index is 0.00000200. The Hall–Kier alpha value is -1.01. The highest BCUT2D eigenvalue weighted by molar-refractivity contribution is 5.85. The second kappa shape index (κ2) is 8.32. The molecule has 0 aromatic carbocycles. The van der Waals surface area contributed by atoms with Crippen molar-refractivity contribution in [1.29, 1.82) is 0 Å². The first-order valence-corrected chi connectivity index (χ1v) is 7.27. The number of carbonyl (C=O) groups is 2. The van der Waals surface area contributed by atoms with Gasteiger partial charge in [-0.2, -0.15) is 0 Å². The Morgan fingerprint density at radius 1 is 1.30 bits per heavy atom. The van der Waals surface area contributed by atoms with Crippen LogP contribution in [0.5, 0.6) is 0 Å². The van der Waals surface area contributed by atoms with Crippen LogP contribution in [0, 0.1) is 0 Å². The van der Waals surface area contributed by atoms with Gasteiger partial charge in [-0.25, -0.2) is 4.79 Å². The highest BCUT2D eigenvalue weighted by Crippen LogP contribution is 2.11. The zero-order chi connectivity index (χ0) is 13.7. The van der Waals surface area contributed by atoms with Crippen LogP contribution in [-0.2, 0) is 4.79 Å². The summed E-state index contributed by atoms with van der Waals surface area (Å²) in [6.45, 7) is 4.80. The minimum absolute atomic E-state index is 0. The molecule has 2 fully saturated rings. The lowest BCUT2D eigenvalue weighted by Crippen LogP contribution is -2.50. The Labute approximate surface area is 126 Å². The summed E-state index contributed by atoms with van der Waals surface area (Å²) in [5.41, 5.74) is 0. The van der Waals surface area contributed by atoms with Crippen molar-refractivity contribution in [3.8, 4) is 0 Å². The fraction of sp³-hybridized carbons (Fsp3) is 0.846. The maximum Gasteiger partial charge on any atom is 0.317 e. The first-order chi connectivity index (χ1) is 9.20. The molecule has 0 aromatic heterocycles. The van der Waals surface area contributed by atoms with Gasteiger partial charge in [0.2, 0.25) is 5.91 Å². The van der Waals surface area contributed by atoms with Crippen molar-refractivity contribution in [2.45, 2.75) is 44.7 Å². The molecule has 3 N–H and O–H groups in total. The lowest BCUT2D eigenvalue weighted by molar-refractivity contribution is -0.124. The van der Waals surface area contributed by atoms with Gasteiger partial charge in [0, 0.05) is 25.7 Å². The smallest absolute Gasteiger partial charge is 0.317 e. The van der Waals surface area contributed by atoms with E-state index in [9.17, 15) is 9.59 Å². The van der Waals surface area contributed by atoms with Crippen LogP contribution in [0.15, 0.2) is 0 Å². The molecular formula is C13H25ClN4O2. The standard InChI is InChI=1S/C13H24N4O2.ClH/c1-2-14-13(19)17-8-6-10(9-17)16-12(18)11-5-3-4-7-15-11;/h10-11,15H,2-9H2,1H3,(H,14,19)(H,16,18);1H. The third-order valence-corrected chi connectivity index (χ3v) is 3.78. The monoisotopic (exact) mass is 304 g/mol. The molecule has 2 unspecified atom stereocenters. The summed E-state index contributed by atoms with van der Waals surface area (Å²) in [5, 5.41) is 9.08. The number of likely N-dealkylation sites (tertiary alicyclic amines) is 1. The topological polar surface area (TPSA) is 73.5 Å². The van der Waals surface area contributed by atoms with Crippen LogP contribution in [-0.4, -0.2) is 55.1 Å². The molecule has 0 spiro atoms. The number of nitrogens with one attached hydrogen (secondary N) is 3. The molecule has 0 aromatic rings. The molecule has 20 heavy (non-hydrogen) atoms. The maximum atomic E-state index is 12.1. The molecule has 2 saturated heterocycles. The molecule has 2 aliphatic heterocycles. The third-order valence-electron chi connectivity index (χ3n) is 3.78. The number of piperidine rings is 1. The van der Waals surface area contributed by atoms with Gasteiger partial charge in [-0.3, -0.25) is 4.79 Å². The van der Waals surface area contributed by atoms with Crippen LogP contribution >= 0.6 is 12.4 Å². The van der Waals surface area contributed by atoms with Crippen molar-refractivity contribution in [2.24, 2.45) is 0 Å². The van der Waals surface area contributed by atoms with Gasteiger partial charge < -0.3 is 20.9 Å². The molecule has 116 valence electrons. The Morgan fingerprint density at radius 3 is 2.75 bits per heavy atom. The van der Waals surface area contributed by atoms with Gasteiger partial charge >= 0.3 is 6.03 Å². The van der Waals surface area contributed by atoms with Crippen molar-refractivity contribution in [2.75, 3.05) is 26.2 Å². The van der Waals surface area contributed by atoms with Crippen molar-refractivity contribution < 1.29 is 9.59 Å². The van der Waals surface area contributed by atoms with Crippen molar-refractivity contribution >= 4 is 24.3 Å². The van der Waals surface area contributed by atoms with E-state index in [-0.39, 0.29) is 36.4 Å². The Bertz CT molecular complexity index is 334. The van der Waals surface area contributed by atoms with E-state index >= 15 is 0 Å². The van der Waals surface area contributed by atoms with Crippen LogP contribution < -0.4 is 16.0 Å². The average molecular weight is 305 g/mol. The second-order valence-electron chi connectivity index (χ2n) is 5.28. The van der Waals surface area contributed by atoms with Crippen molar-refractivity contribution in [3.63, 3.8) is 0 Å². The molecule has 0 saturated carbocycles. The lowest BCUT2D eigenvalue weighted by Gasteiger charge is -2.24. The number of hydrogen-bond donors (Lipinski definition) is 3. The molecule has 0 radical (unpaired) electrons. The van der Waals surface area contributed by atoms with Gasteiger partial charge in [0.25, 0.3) is 0 Å². The maximum absolute atomic E-state index is 12.1. The summed E-state index contributed by atoms with van der Waals surface area (Å²) in [6.07, 6.45) is 4.02. The van der Waals surface area contributed by atoms with E-state index in [4.69, 9.17) is 0 Å². The van der Waals surface area contributed by atoms with Crippen LogP contribution in [0.3, 0.4) is 0 Å². The SMILES string of the molecule is CCNC(=O)N1CCC(NC(=O)C2CCCCN2)C1.Cl. The summed E-state index contributed by atoms with van der Waals surface area (Å²) in [4.78, 5) is 25.5. The van der Waals surface area contributed by atoms with E-state index in [0.29, 0.717) is 13.1 Å². The quantitative estimate of drug-likeness (QED) is 0.710. The molecular weight excluding hydrogens is 280 g/mol. The average Bonchev–Trinajstić information content (AvgIpc) is 2.88. The number of nitrogens with zero attached hydrogens (tertiary/aromatic N) is 1. The Morgan fingerprint density at radius 2 is 2.10 bits per heavy atom. The van der Waals surface area contributed by atoms with E-state index in [1.807, 2.05) is 6.92 Å². The van der Waals surface area contributed by atoms with Crippen LogP contribution in [0.1, 0.15) is 32.6 Å². The van der Waals surface area contributed by atoms with Gasteiger partial charge in [0.15, 0.2) is 0 Å². The number of amides is 3. The van der Waals surface area contributed by atoms with Gasteiger partial charge in [0.05, 0.1) is 6.04 Å². The Kier molecular flexibility index (Phi) is 7.09. The van der Waals surface area contributed by atoms with Crippen LogP contribution in [0.2, 0.25) is 0 Å². The van der Waals surface area contributed by atoms with E-state index in [1.54, 1.807) is 4.90 Å². The lowest BCUT2D eigenvalue weighted by atomic mass is 10.0. The van der Waals surface area contributed by atoms with Gasteiger partial charge in [-0.1, -0.05) is 6.42 Å². The minimum atomic E-state index is -0.0488. The van der Waals surface area contributed by atoms with Gasteiger partial charge in [-0.15, -0.1) is 12.4 Å². The molecule has 2 heterocycles. The summed E-state index contributed by atoms with van der Waals surface area (Å²) in [6, 6.07) is 0.0149. The summed E-state index contributed by atoms with van der Waals surface area (Å²) >= 11 is 0. The van der Waals surface area contributed by atoms with Gasteiger partial charge in [-0.05, 0) is 32.7 Å². The fourth-order valence-electron chi connectivity index (χ4n) is 2.70. The molecule has 2 atom stereocenters. The molecule has 0 aliphatic carbocycles. The number of rotatable bonds is 3. The molecule has 7 heteroatoms. The first-order valence-electron chi connectivity index (χ1n) is 7.27. The highest BCUT2D eigenvalue weighted by Gasteiger charge is 2.29. The molecule has 3 amide bonds. The highest BCUT2D eigenvalue weighted by atomic mass is 35.5. The zero-order valence-electron chi connectivity index (χ0n) is 12.0. The first kappa shape index (κ1) is 17.0. The predicted octanol–water partition coefficient (Wildman–Crippen LogP) is 0.470. The minimum Gasteiger partial charge on any atom is -0.350 e. The number of urea groups is 1. The van der Waals surface area contributed by atoms with Crippen LogP contribution in [0.25, 0.3) is 0 Å².